The molecule has 1 aliphatic heterocycles. The summed E-state index contributed by atoms with van der Waals surface area (Å²) in [5.74, 6) is -0.167. The van der Waals surface area contributed by atoms with Gasteiger partial charge in [-0.3, -0.25) is 14.8 Å². The Morgan fingerprint density at radius 3 is 2.23 bits per heavy atom. The number of halogens is 2. The van der Waals surface area contributed by atoms with Crippen LogP contribution in [0.2, 0.25) is 5.02 Å². The van der Waals surface area contributed by atoms with Gasteiger partial charge >= 0.3 is 0 Å². The Morgan fingerprint density at radius 2 is 1.49 bits per heavy atom. The lowest BCUT2D eigenvalue weighted by molar-refractivity contribution is 0.0698. The van der Waals surface area contributed by atoms with Gasteiger partial charge in [0.25, 0.3) is 5.91 Å². The molecule has 1 saturated heterocycles. The van der Waals surface area contributed by atoms with Crippen LogP contribution in [0.4, 0.5) is 0 Å². The van der Waals surface area contributed by atoms with Crippen LogP contribution in [-0.4, -0.2) is 59.7 Å². The molecule has 0 atom stereocenters. The summed E-state index contributed by atoms with van der Waals surface area (Å²) in [5.41, 5.74) is 2.13. The molecule has 0 bridgehead atoms. The van der Waals surface area contributed by atoms with Gasteiger partial charge in [0.1, 0.15) is 0 Å². The van der Waals surface area contributed by atoms with E-state index in [4.69, 9.17) is 11.6 Å². The van der Waals surface area contributed by atoms with Gasteiger partial charge in [-0.2, -0.15) is 4.31 Å². The number of carbonyl (C=O) groups excluding carboxylic acids is 1. The third kappa shape index (κ3) is 5.01. The Morgan fingerprint density at radius 1 is 0.829 bits per heavy atom. The third-order valence-electron chi connectivity index (χ3n) is 5.98. The topological polar surface area (TPSA) is 83.5 Å². The summed E-state index contributed by atoms with van der Waals surface area (Å²) in [5, 5.41) is 2.28. The van der Waals surface area contributed by atoms with E-state index in [9.17, 15) is 13.2 Å². The molecule has 0 spiro atoms. The van der Waals surface area contributed by atoms with Crippen LogP contribution in [0.1, 0.15) is 10.4 Å². The van der Waals surface area contributed by atoms with Gasteiger partial charge in [-0.05, 0) is 64.4 Å². The van der Waals surface area contributed by atoms with Crippen molar-refractivity contribution in [2.45, 2.75) is 4.90 Å². The minimum atomic E-state index is -3.69. The highest BCUT2D eigenvalue weighted by atomic mass is 35.5. The molecule has 2 aromatic carbocycles. The minimum Gasteiger partial charge on any atom is -0.336 e. The number of aromatic nitrogens is 2. The number of nitrogens with zero attached hydrogens (tertiary/aromatic N) is 4. The highest BCUT2D eigenvalue weighted by molar-refractivity contribution is 7.89. The van der Waals surface area contributed by atoms with Gasteiger partial charge < -0.3 is 4.90 Å². The molecule has 5 rings (SSSR count). The van der Waals surface area contributed by atoms with Crippen molar-refractivity contribution in [3.63, 3.8) is 0 Å². The van der Waals surface area contributed by atoms with E-state index in [1.54, 1.807) is 66.1 Å². The second kappa shape index (κ2) is 10.3. The van der Waals surface area contributed by atoms with Gasteiger partial charge in [-0.25, -0.2) is 8.42 Å². The Kier molecular flexibility index (Phi) is 7.37. The summed E-state index contributed by atoms with van der Waals surface area (Å²) in [7, 11) is -3.69. The fourth-order valence-electron chi connectivity index (χ4n) is 4.15. The van der Waals surface area contributed by atoms with Crippen molar-refractivity contribution in [1.29, 1.82) is 0 Å². The van der Waals surface area contributed by atoms with E-state index in [0.717, 1.165) is 21.9 Å². The zero-order chi connectivity index (χ0) is 23.7. The van der Waals surface area contributed by atoms with Gasteiger partial charge in [0, 0.05) is 56.0 Å². The number of benzene rings is 2. The second-order valence-corrected chi connectivity index (χ2v) is 10.4. The maximum absolute atomic E-state index is 13.3. The molecule has 10 heteroatoms. The van der Waals surface area contributed by atoms with Crippen LogP contribution in [-0.2, 0) is 10.0 Å². The Hall–Kier alpha value is -3.04. The molecule has 35 heavy (non-hydrogen) atoms. The van der Waals surface area contributed by atoms with Crippen molar-refractivity contribution in [1.82, 2.24) is 19.2 Å². The van der Waals surface area contributed by atoms with Crippen LogP contribution in [0, 0.1) is 0 Å². The molecule has 0 aliphatic carbocycles. The zero-order valence-corrected chi connectivity index (χ0v) is 20.9. The van der Waals surface area contributed by atoms with Crippen LogP contribution in [0.25, 0.3) is 21.9 Å². The predicted octanol–water partition coefficient (Wildman–Crippen LogP) is 4.52. The molecule has 7 nitrogen and oxygen atoms in total. The summed E-state index contributed by atoms with van der Waals surface area (Å²) >= 11 is 6.03. The summed E-state index contributed by atoms with van der Waals surface area (Å²) in [6.45, 7) is 1.03. The fourth-order valence-corrected chi connectivity index (χ4v) is 5.79. The van der Waals surface area contributed by atoms with Crippen LogP contribution in [0.5, 0.6) is 0 Å². The summed E-state index contributed by atoms with van der Waals surface area (Å²) in [6, 6.07) is 15.9. The molecule has 1 amide bonds. The van der Waals surface area contributed by atoms with E-state index in [1.807, 2.05) is 18.2 Å². The number of piperazine rings is 1. The zero-order valence-electron chi connectivity index (χ0n) is 18.5. The monoisotopic (exact) mass is 528 g/mol. The van der Waals surface area contributed by atoms with Crippen molar-refractivity contribution in [3.8, 4) is 11.1 Å². The van der Waals surface area contributed by atoms with Gasteiger partial charge in [0.05, 0.1) is 10.5 Å². The van der Waals surface area contributed by atoms with Crippen LogP contribution < -0.4 is 0 Å². The normalized spacial score (nSPS) is 14.5. The third-order valence-corrected chi connectivity index (χ3v) is 8.11. The van der Waals surface area contributed by atoms with E-state index < -0.39 is 10.0 Å². The van der Waals surface area contributed by atoms with Crippen molar-refractivity contribution in [2.24, 2.45) is 0 Å². The summed E-state index contributed by atoms with van der Waals surface area (Å²) < 4.78 is 28.0. The first-order valence-electron chi connectivity index (χ1n) is 10.8. The predicted molar refractivity (Wildman–Crippen MR) is 138 cm³/mol. The number of hydrogen-bond acceptors (Lipinski definition) is 5. The van der Waals surface area contributed by atoms with E-state index in [-0.39, 0.29) is 36.3 Å². The number of sulfonamides is 1. The van der Waals surface area contributed by atoms with Gasteiger partial charge in [-0.15, -0.1) is 12.4 Å². The van der Waals surface area contributed by atoms with E-state index >= 15 is 0 Å². The first kappa shape index (κ1) is 25.1. The number of pyridine rings is 2. The molecule has 0 unspecified atom stereocenters. The van der Waals surface area contributed by atoms with Crippen molar-refractivity contribution in [3.05, 3.63) is 90.0 Å². The maximum atomic E-state index is 13.3. The standard InChI is InChI=1S/C25H21ClN4O3S.ClH/c26-21-3-1-20-16-22(4-2-19(20)15-21)34(32,33)30-13-11-29(12-14-30)25(31)24-17-28-10-7-23(24)18-5-8-27-9-6-18;/h1-10,15-17H,11-14H2;1H. The molecule has 180 valence electrons. The number of carbonyl (C=O) groups is 1. The molecule has 0 N–H and O–H groups in total. The highest BCUT2D eigenvalue weighted by Gasteiger charge is 2.31. The summed E-state index contributed by atoms with van der Waals surface area (Å²) in [4.78, 5) is 23.4. The molecule has 0 radical (unpaired) electrons. The number of fused-ring (bicyclic) bond motifs is 1. The highest BCUT2D eigenvalue weighted by Crippen LogP contribution is 2.27. The lowest BCUT2D eigenvalue weighted by atomic mass is 10.0. The number of amides is 1. The van der Waals surface area contributed by atoms with E-state index in [2.05, 4.69) is 9.97 Å². The van der Waals surface area contributed by atoms with Crippen LogP contribution in [0.3, 0.4) is 0 Å². The van der Waals surface area contributed by atoms with E-state index in [1.165, 1.54) is 4.31 Å². The Bertz CT molecular complexity index is 1470. The molecule has 1 fully saturated rings. The lowest BCUT2D eigenvalue weighted by Gasteiger charge is -2.34. The van der Waals surface area contributed by atoms with Crippen molar-refractivity contribution >= 4 is 50.7 Å². The molecule has 3 heterocycles. The summed E-state index contributed by atoms with van der Waals surface area (Å²) in [6.07, 6.45) is 6.56. The van der Waals surface area contributed by atoms with Crippen molar-refractivity contribution < 1.29 is 13.2 Å². The minimum absolute atomic E-state index is 0. The lowest BCUT2D eigenvalue weighted by Crippen LogP contribution is -2.50. The first-order chi connectivity index (χ1) is 16.4. The Labute approximate surface area is 214 Å². The molecule has 0 saturated carbocycles. The first-order valence-corrected chi connectivity index (χ1v) is 12.6. The quantitative estimate of drug-likeness (QED) is 0.388. The van der Waals surface area contributed by atoms with Gasteiger partial charge in [0.2, 0.25) is 10.0 Å². The Balaban J connectivity index is 0.00000289. The van der Waals surface area contributed by atoms with Gasteiger partial charge in [0.15, 0.2) is 0 Å². The maximum Gasteiger partial charge on any atom is 0.256 e. The second-order valence-electron chi connectivity index (χ2n) is 8.01. The van der Waals surface area contributed by atoms with Gasteiger partial charge in [-0.1, -0.05) is 23.7 Å². The average Bonchev–Trinajstić information content (AvgIpc) is 2.88. The molecule has 2 aromatic heterocycles. The van der Waals surface area contributed by atoms with Crippen LogP contribution in [0.15, 0.2) is 84.3 Å². The number of hydrogen-bond donors (Lipinski definition) is 0. The smallest absolute Gasteiger partial charge is 0.256 e. The molecular weight excluding hydrogens is 507 g/mol. The molecular formula is C25H22Cl2N4O3S. The number of rotatable bonds is 4. The molecule has 1 aliphatic rings. The van der Waals surface area contributed by atoms with Crippen molar-refractivity contribution in [2.75, 3.05) is 26.2 Å². The SMILES string of the molecule is Cl.O=C(c1cnccc1-c1ccncc1)N1CCN(S(=O)(=O)c2ccc3cc(Cl)ccc3c2)CC1. The van der Waals surface area contributed by atoms with E-state index in [0.29, 0.717) is 23.7 Å². The molecule has 4 aromatic rings. The average molecular weight is 529 g/mol. The fraction of sp³-hybridized carbons (Fsp3) is 0.160. The van der Waals surface area contributed by atoms with Crippen LogP contribution >= 0.6 is 24.0 Å². The largest absolute Gasteiger partial charge is 0.336 e.